The number of aromatic nitrogens is 2. The molecule has 32 heavy (non-hydrogen) atoms. The Hall–Kier alpha value is -3.40. The molecule has 0 saturated heterocycles. The van der Waals surface area contributed by atoms with Crippen LogP contribution >= 0.6 is 15.9 Å². The van der Waals surface area contributed by atoms with Gasteiger partial charge >= 0.3 is 6.09 Å². The number of rotatable bonds is 6. The fraction of sp³-hybridized carbons (Fsp3) is 0.227. The average Bonchev–Trinajstić information content (AvgIpc) is 3.09. The van der Waals surface area contributed by atoms with Crippen molar-refractivity contribution in [1.82, 2.24) is 20.0 Å². The van der Waals surface area contributed by atoms with Crippen molar-refractivity contribution < 1.29 is 23.8 Å². The molecule has 2 amide bonds. The number of aryl methyl sites for hydroxylation is 1. The molecule has 166 valence electrons. The molecule has 0 aliphatic carbocycles. The van der Waals surface area contributed by atoms with Crippen molar-refractivity contribution in [2.24, 2.45) is 7.05 Å². The molecule has 0 spiro atoms. The number of nitrogens with one attached hydrogen (secondary N) is 1. The number of fused-ring (bicyclic) bond motifs is 3. The number of halogens is 2. The molecule has 0 fully saturated rings. The van der Waals surface area contributed by atoms with Crippen molar-refractivity contribution in [2.75, 3.05) is 13.1 Å². The van der Waals surface area contributed by atoms with Gasteiger partial charge in [-0.05, 0) is 35.9 Å². The van der Waals surface area contributed by atoms with Gasteiger partial charge in [0.05, 0.1) is 5.69 Å². The fourth-order valence-electron chi connectivity index (χ4n) is 3.73. The second kappa shape index (κ2) is 8.99. The molecule has 0 unspecified atom stereocenters. The molecular weight excluding hydrogens is 483 g/mol. The molecule has 0 atom stereocenters. The number of nitrogens with zero attached hydrogens (tertiary/aromatic N) is 3. The van der Waals surface area contributed by atoms with Crippen LogP contribution in [-0.4, -0.2) is 44.9 Å². The maximum absolute atomic E-state index is 13.7. The molecule has 1 aliphatic rings. The van der Waals surface area contributed by atoms with Gasteiger partial charge in [-0.2, -0.15) is 5.10 Å². The average molecular weight is 503 g/mol. The lowest BCUT2D eigenvalue weighted by Gasteiger charge is -2.23. The largest absolute Gasteiger partial charge is 0.488 e. The zero-order valence-corrected chi connectivity index (χ0v) is 18.7. The first-order valence-electron chi connectivity index (χ1n) is 9.82. The van der Waals surface area contributed by atoms with Crippen molar-refractivity contribution in [2.45, 2.75) is 13.2 Å². The van der Waals surface area contributed by atoms with Crippen LogP contribution in [0.2, 0.25) is 0 Å². The zero-order valence-electron chi connectivity index (χ0n) is 17.1. The third-order valence-electron chi connectivity index (χ3n) is 5.12. The van der Waals surface area contributed by atoms with E-state index in [1.807, 2.05) is 18.2 Å². The first kappa shape index (κ1) is 21.8. The number of carbonyl (C=O) groups excluding carboxylic acids is 1. The van der Waals surface area contributed by atoms with E-state index < -0.39 is 11.9 Å². The summed E-state index contributed by atoms with van der Waals surface area (Å²) >= 11 is 3.46. The van der Waals surface area contributed by atoms with Crippen LogP contribution < -0.4 is 10.1 Å². The zero-order chi connectivity index (χ0) is 22.8. The van der Waals surface area contributed by atoms with Crippen LogP contribution in [0.3, 0.4) is 0 Å². The van der Waals surface area contributed by atoms with Gasteiger partial charge in [0.1, 0.15) is 18.2 Å². The number of hydrogen-bond donors (Lipinski definition) is 2. The van der Waals surface area contributed by atoms with Gasteiger partial charge in [-0.15, -0.1) is 0 Å². The number of ether oxygens (including phenoxy) is 1. The molecule has 2 aromatic carbocycles. The van der Waals surface area contributed by atoms with Gasteiger partial charge in [-0.25, -0.2) is 9.18 Å². The summed E-state index contributed by atoms with van der Waals surface area (Å²) in [7, 11) is 1.76. The Morgan fingerprint density at radius 3 is 2.88 bits per heavy atom. The quantitative estimate of drug-likeness (QED) is 0.534. The van der Waals surface area contributed by atoms with Crippen LogP contribution in [0.1, 0.15) is 21.6 Å². The Bertz CT molecular complexity index is 1200. The monoisotopic (exact) mass is 502 g/mol. The minimum absolute atomic E-state index is 0.0255. The number of hydrogen-bond acceptors (Lipinski definition) is 4. The topological polar surface area (TPSA) is 96.7 Å². The second-order valence-electron chi connectivity index (χ2n) is 7.32. The smallest absolute Gasteiger partial charge is 0.404 e. The van der Waals surface area contributed by atoms with E-state index in [1.165, 1.54) is 17.0 Å². The van der Waals surface area contributed by atoms with E-state index in [2.05, 4.69) is 26.3 Å². The van der Waals surface area contributed by atoms with E-state index in [4.69, 9.17) is 9.84 Å². The van der Waals surface area contributed by atoms with E-state index in [0.717, 1.165) is 15.7 Å². The summed E-state index contributed by atoms with van der Waals surface area (Å²) in [5, 5.41) is 15.6. The lowest BCUT2D eigenvalue weighted by molar-refractivity contribution is 0.0733. The minimum atomic E-state index is -1.19. The molecule has 0 saturated carbocycles. The van der Waals surface area contributed by atoms with Crippen LogP contribution in [0.15, 0.2) is 46.9 Å². The highest BCUT2D eigenvalue weighted by Gasteiger charge is 2.31. The predicted octanol–water partition coefficient (Wildman–Crippen LogP) is 3.79. The van der Waals surface area contributed by atoms with Crippen LogP contribution in [0.4, 0.5) is 9.18 Å². The SMILES string of the molecule is Cn1nc(C(=O)N(CCNC(=O)O)Cc2cccc(F)c2)c2c1-c1cc(Br)ccc1OC2. The third kappa shape index (κ3) is 4.45. The van der Waals surface area contributed by atoms with Gasteiger partial charge in [-0.1, -0.05) is 28.1 Å². The lowest BCUT2D eigenvalue weighted by Crippen LogP contribution is -2.38. The maximum atomic E-state index is 13.7. The molecule has 1 aliphatic heterocycles. The molecule has 2 heterocycles. The molecule has 1 aromatic heterocycles. The van der Waals surface area contributed by atoms with E-state index >= 15 is 0 Å². The first-order chi connectivity index (χ1) is 15.3. The van der Waals surface area contributed by atoms with Gasteiger partial charge in [0.2, 0.25) is 0 Å². The van der Waals surface area contributed by atoms with Gasteiger partial charge in [0.25, 0.3) is 5.91 Å². The van der Waals surface area contributed by atoms with Crippen molar-refractivity contribution in [3.05, 3.63) is 69.6 Å². The third-order valence-corrected chi connectivity index (χ3v) is 5.62. The summed E-state index contributed by atoms with van der Waals surface area (Å²) in [5.74, 6) is -0.102. The Morgan fingerprint density at radius 1 is 1.31 bits per heavy atom. The Balaban J connectivity index is 1.68. The highest BCUT2D eigenvalue weighted by atomic mass is 79.9. The second-order valence-corrected chi connectivity index (χ2v) is 8.23. The number of carboxylic acid groups (broad SMARTS) is 1. The summed E-state index contributed by atoms with van der Waals surface area (Å²) in [6, 6.07) is 11.6. The number of carbonyl (C=O) groups is 2. The van der Waals surface area contributed by atoms with Crippen molar-refractivity contribution in [3.63, 3.8) is 0 Å². The number of benzene rings is 2. The summed E-state index contributed by atoms with van der Waals surface area (Å²) in [6.07, 6.45) is -1.19. The van der Waals surface area contributed by atoms with Gasteiger partial charge in [0.15, 0.2) is 5.69 Å². The molecular formula is C22H20BrFN4O4. The Labute approximate surface area is 191 Å². The Kier molecular flexibility index (Phi) is 6.13. The molecule has 4 rings (SSSR count). The maximum Gasteiger partial charge on any atom is 0.404 e. The standard InChI is InChI=1S/C22H20BrFN4O4/c1-27-20-16-10-14(23)5-6-18(16)32-12-17(20)19(26-27)21(29)28(8-7-25-22(30)31)11-13-3-2-4-15(24)9-13/h2-6,9-10,25H,7-8,11-12H2,1H3,(H,30,31). The summed E-state index contributed by atoms with van der Waals surface area (Å²) in [5.41, 5.74) is 3.06. The van der Waals surface area contributed by atoms with Crippen LogP contribution in [0.5, 0.6) is 5.75 Å². The normalized spacial score (nSPS) is 11.8. The summed E-state index contributed by atoms with van der Waals surface area (Å²) in [6.45, 7) is 0.403. The molecule has 3 aromatic rings. The molecule has 8 nitrogen and oxygen atoms in total. The minimum Gasteiger partial charge on any atom is -0.488 e. The van der Waals surface area contributed by atoms with E-state index in [9.17, 15) is 14.0 Å². The van der Waals surface area contributed by atoms with Gasteiger partial charge < -0.3 is 20.1 Å². The van der Waals surface area contributed by atoms with E-state index in [-0.39, 0.29) is 37.8 Å². The predicted molar refractivity (Wildman–Crippen MR) is 118 cm³/mol. The highest BCUT2D eigenvalue weighted by Crippen LogP contribution is 2.40. The summed E-state index contributed by atoms with van der Waals surface area (Å²) < 4.78 is 22.0. The van der Waals surface area contributed by atoms with Crippen molar-refractivity contribution >= 4 is 27.9 Å². The molecule has 0 bridgehead atoms. The van der Waals surface area contributed by atoms with Crippen molar-refractivity contribution in [1.29, 1.82) is 0 Å². The van der Waals surface area contributed by atoms with Crippen LogP contribution in [0.25, 0.3) is 11.3 Å². The van der Waals surface area contributed by atoms with Crippen LogP contribution in [-0.2, 0) is 20.2 Å². The Morgan fingerprint density at radius 2 is 2.12 bits per heavy atom. The fourth-order valence-corrected chi connectivity index (χ4v) is 4.09. The van der Waals surface area contributed by atoms with Crippen LogP contribution in [0, 0.1) is 5.82 Å². The molecule has 0 radical (unpaired) electrons. The van der Waals surface area contributed by atoms with E-state index in [0.29, 0.717) is 16.9 Å². The molecule has 2 N–H and O–H groups in total. The van der Waals surface area contributed by atoms with E-state index in [1.54, 1.807) is 23.9 Å². The highest BCUT2D eigenvalue weighted by molar-refractivity contribution is 9.10. The van der Waals surface area contributed by atoms with Crippen molar-refractivity contribution in [3.8, 4) is 17.0 Å². The summed E-state index contributed by atoms with van der Waals surface area (Å²) in [4.78, 5) is 25.8. The number of amides is 2. The first-order valence-corrected chi connectivity index (χ1v) is 10.6. The van der Waals surface area contributed by atoms with Gasteiger partial charge in [-0.3, -0.25) is 9.48 Å². The molecule has 10 heteroatoms. The van der Waals surface area contributed by atoms with Gasteiger partial charge in [0, 0.05) is 42.3 Å². The lowest BCUT2D eigenvalue weighted by atomic mass is 10.0.